The number of aliphatic hydroxyl groups is 1. The molecule has 0 aliphatic carbocycles. The molecule has 0 bridgehead atoms. The van der Waals surface area contributed by atoms with Crippen LogP contribution < -0.4 is 10.6 Å². The molecule has 2 rings (SSSR count). The summed E-state index contributed by atoms with van der Waals surface area (Å²) in [6.07, 6.45) is 4.81. The minimum absolute atomic E-state index is 0.00416. The van der Waals surface area contributed by atoms with Crippen molar-refractivity contribution in [3.8, 4) is 0 Å². The molecule has 0 unspecified atom stereocenters. The van der Waals surface area contributed by atoms with Gasteiger partial charge in [-0.05, 0) is 18.4 Å². The Bertz CT molecular complexity index is 754. The van der Waals surface area contributed by atoms with Crippen LogP contribution in [0.3, 0.4) is 0 Å². The lowest BCUT2D eigenvalue weighted by Crippen LogP contribution is -2.45. The Morgan fingerprint density at radius 3 is 2.76 bits per heavy atom. The highest BCUT2D eigenvalue weighted by Crippen LogP contribution is 2.13. The Kier molecular flexibility index (Phi) is 12.8. The van der Waals surface area contributed by atoms with Crippen molar-refractivity contribution in [1.82, 2.24) is 10.6 Å². The monoisotopic (exact) mass is 462 g/mol. The third-order valence-electron chi connectivity index (χ3n) is 4.93. The van der Waals surface area contributed by atoms with Crippen LogP contribution >= 0.6 is 0 Å². The second-order valence-corrected chi connectivity index (χ2v) is 7.72. The van der Waals surface area contributed by atoms with Crippen molar-refractivity contribution in [1.29, 1.82) is 0 Å². The Labute approximate surface area is 194 Å². The van der Waals surface area contributed by atoms with Crippen LogP contribution in [-0.2, 0) is 35.2 Å². The molecular weight excluding hydrogens is 428 g/mol. The van der Waals surface area contributed by atoms with E-state index in [-0.39, 0.29) is 63.7 Å². The van der Waals surface area contributed by atoms with Crippen LogP contribution in [0.4, 0.5) is 0 Å². The van der Waals surface area contributed by atoms with Gasteiger partial charge in [0.25, 0.3) is 0 Å². The Balaban J connectivity index is 1.92. The largest absolute Gasteiger partial charge is 0.463 e. The summed E-state index contributed by atoms with van der Waals surface area (Å²) in [5.41, 5.74) is 0.997. The molecule has 2 amide bonds. The number of hydrogen-bond acceptors (Lipinski definition) is 7. The number of benzene rings is 1. The SMILES string of the molecule is O=C(C[C@H]1CC=CCCC(=O)OC[C@H](COCc2ccccc2)NC1=O)NCCOCCO. The Morgan fingerprint density at radius 2 is 1.97 bits per heavy atom. The number of carbonyl (C=O) groups excluding carboxylic acids is 3. The lowest BCUT2D eigenvalue weighted by molar-refractivity contribution is -0.145. The summed E-state index contributed by atoms with van der Waals surface area (Å²) >= 11 is 0. The van der Waals surface area contributed by atoms with E-state index < -0.39 is 12.0 Å². The van der Waals surface area contributed by atoms with Crippen molar-refractivity contribution >= 4 is 17.8 Å². The normalized spacial score (nSPS) is 19.7. The molecule has 33 heavy (non-hydrogen) atoms. The van der Waals surface area contributed by atoms with E-state index in [9.17, 15) is 14.4 Å². The van der Waals surface area contributed by atoms with Crippen molar-refractivity contribution < 1.29 is 33.7 Å². The highest BCUT2D eigenvalue weighted by atomic mass is 16.5. The van der Waals surface area contributed by atoms with Gasteiger partial charge in [0.2, 0.25) is 11.8 Å². The summed E-state index contributed by atoms with van der Waals surface area (Å²) < 4.78 is 16.2. The van der Waals surface area contributed by atoms with Crippen molar-refractivity contribution in [3.05, 3.63) is 48.0 Å². The number of allylic oxidation sites excluding steroid dienone is 2. The molecule has 182 valence electrons. The zero-order valence-corrected chi connectivity index (χ0v) is 18.9. The first kappa shape index (κ1) is 26.5. The number of aliphatic hydroxyl groups excluding tert-OH is 1. The first-order valence-electron chi connectivity index (χ1n) is 11.3. The highest BCUT2D eigenvalue weighted by molar-refractivity contribution is 5.86. The van der Waals surface area contributed by atoms with Gasteiger partial charge < -0.3 is 30.0 Å². The average molecular weight is 463 g/mol. The van der Waals surface area contributed by atoms with Gasteiger partial charge in [0, 0.05) is 19.4 Å². The number of amides is 2. The van der Waals surface area contributed by atoms with Crippen LogP contribution in [0.15, 0.2) is 42.5 Å². The van der Waals surface area contributed by atoms with Crippen LogP contribution in [0.5, 0.6) is 0 Å². The van der Waals surface area contributed by atoms with Crippen LogP contribution in [0, 0.1) is 5.92 Å². The summed E-state index contributed by atoms with van der Waals surface area (Å²) in [7, 11) is 0. The van der Waals surface area contributed by atoms with Gasteiger partial charge in [-0.2, -0.15) is 0 Å². The topological polar surface area (TPSA) is 123 Å². The molecule has 9 heteroatoms. The maximum absolute atomic E-state index is 12.9. The maximum atomic E-state index is 12.9. The molecule has 0 saturated carbocycles. The van der Waals surface area contributed by atoms with E-state index in [0.717, 1.165) is 5.56 Å². The number of carbonyl (C=O) groups is 3. The van der Waals surface area contributed by atoms with Crippen LogP contribution in [-0.4, -0.2) is 68.5 Å². The van der Waals surface area contributed by atoms with Crippen molar-refractivity contribution in [2.75, 3.05) is 39.6 Å². The Morgan fingerprint density at radius 1 is 1.15 bits per heavy atom. The van der Waals surface area contributed by atoms with Gasteiger partial charge in [0.05, 0.1) is 45.0 Å². The summed E-state index contributed by atoms with van der Waals surface area (Å²) in [6, 6.07) is 9.11. The third-order valence-corrected chi connectivity index (χ3v) is 4.93. The van der Waals surface area contributed by atoms with E-state index >= 15 is 0 Å². The second kappa shape index (κ2) is 16.0. The molecule has 0 radical (unpaired) electrons. The molecule has 0 spiro atoms. The molecule has 1 aromatic carbocycles. The lowest BCUT2D eigenvalue weighted by Gasteiger charge is -2.23. The molecule has 1 aliphatic heterocycles. The van der Waals surface area contributed by atoms with E-state index in [4.69, 9.17) is 19.3 Å². The minimum Gasteiger partial charge on any atom is -0.463 e. The van der Waals surface area contributed by atoms with E-state index in [1.165, 1.54) is 0 Å². The van der Waals surface area contributed by atoms with Crippen molar-refractivity contribution in [2.45, 2.75) is 38.3 Å². The van der Waals surface area contributed by atoms with Crippen molar-refractivity contribution in [3.63, 3.8) is 0 Å². The van der Waals surface area contributed by atoms with E-state index in [1.54, 1.807) is 0 Å². The van der Waals surface area contributed by atoms with Gasteiger partial charge in [0.15, 0.2) is 0 Å². The minimum atomic E-state index is -0.564. The quantitative estimate of drug-likeness (QED) is 0.256. The average Bonchev–Trinajstić information content (AvgIpc) is 2.81. The van der Waals surface area contributed by atoms with Gasteiger partial charge in [-0.15, -0.1) is 0 Å². The zero-order valence-electron chi connectivity index (χ0n) is 18.9. The van der Waals surface area contributed by atoms with E-state index in [0.29, 0.717) is 26.0 Å². The fourth-order valence-corrected chi connectivity index (χ4v) is 3.20. The number of cyclic esters (lactones) is 1. The summed E-state index contributed by atoms with van der Waals surface area (Å²) in [5.74, 6) is -1.45. The standard InChI is InChI=1S/C24H34N2O7/c27-12-14-31-13-11-25-22(28)15-20-9-5-2-6-10-23(29)33-18-21(26-24(20)30)17-32-16-19-7-3-1-4-8-19/h1-5,7-8,20-21,27H,6,9-18H2,(H,25,28)(H,26,30)/t20-,21+/m1/s1. The molecule has 0 saturated heterocycles. The zero-order chi connectivity index (χ0) is 23.7. The summed E-state index contributed by atoms with van der Waals surface area (Å²) in [4.78, 5) is 37.1. The number of nitrogens with one attached hydrogen (secondary N) is 2. The summed E-state index contributed by atoms with van der Waals surface area (Å²) in [6.45, 7) is 1.27. The molecule has 0 fully saturated rings. The molecule has 2 atom stereocenters. The van der Waals surface area contributed by atoms with Gasteiger partial charge in [-0.1, -0.05) is 42.5 Å². The molecule has 1 aliphatic rings. The predicted octanol–water partition coefficient (Wildman–Crippen LogP) is 1.10. The molecular formula is C24H34N2O7. The number of ether oxygens (including phenoxy) is 3. The third kappa shape index (κ3) is 11.6. The fraction of sp³-hybridized carbons (Fsp3) is 0.542. The maximum Gasteiger partial charge on any atom is 0.306 e. The molecule has 9 nitrogen and oxygen atoms in total. The molecule has 1 heterocycles. The molecule has 1 aromatic rings. The van der Waals surface area contributed by atoms with Gasteiger partial charge in [-0.3, -0.25) is 14.4 Å². The van der Waals surface area contributed by atoms with E-state index in [2.05, 4.69) is 10.6 Å². The summed E-state index contributed by atoms with van der Waals surface area (Å²) in [5, 5.41) is 14.3. The van der Waals surface area contributed by atoms with Crippen LogP contribution in [0.25, 0.3) is 0 Å². The first-order chi connectivity index (χ1) is 16.1. The molecule has 3 N–H and O–H groups in total. The fourth-order valence-electron chi connectivity index (χ4n) is 3.20. The van der Waals surface area contributed by atoms with Gasteiger partial charge in [0.1, 0.15) is 6.61 Å². The highest BCUT2D eigenvalue weighted by Gasteiger charge is 2.24. The van der Waals surface area contributed by atoms with E-state index in [1.807, 2.05) is 42.5 Å². The lowest BCUT2D eigenvalue weighted by atomic mass is 9.98. The number of esters is 1. The first-order valence-corrected chi connectivity index (χ1v) is 11.3. The predicted molar refractivity (Wildman–Crippen MR) is 121 cm³/mol. The van der Waals surface area contributed by atoms with Crippen LogP contribution in [0.1, 0.15) is 31.2 Å². The second-order valence-electron chi connectivity index (χ2n) is 7.72. The number of rotatable bonds is 11. The smallest absolute Gasteiger partial charge is 0.306 e. The van der Waals surface area contributed by atoms with Gasteiger partial charge >= 0.3 is 5.97 Å². The van der Waals surface area contributed by atoms with Crippen LogP contribution in [0.2, 0.25) is 0 Å². The number of hydrogen-bond donors (Lipinski definition) is 3. The van der Waals surface area contributed by atoms with Crippen molar-refractivity contribution in [2.24, 2.45) is 5.92 Å². The molecule has 0 aromatic heterocycles. The van der Waals surface area contributed by atoms with Gasteiger partial charge in [-0.25, -0.2) is 0 Å². The Hall–Kier alpha value is -2.75.